The van der Waals surface area contributed by atoms with Crippen molar-refractivity contribution in [1.29, 1.82) is 0 Å². The fourth-order valence-electron chi connectivity index (χ4n) is 3.14. The lowest BCUT2D eigenvalue weighted by Crippen LogP contribution is -2.31. The summed E-state index contributed by atoms with van der Waals surface area (Å²) in [5.74, 6) is -0.423. The number of carbonyl (C=O) groups is 2. The molecular formula is C24H23N5O2S. The van der Waals surface area contributed by atoms with Gasteiger partial charge in [-0.05, 0) is 73.8 Å². The van der Waals surface area contributed by atoms with Crippen molar-refractivity contribution in [1.82, 2.24) is 20.2 Å². The molecule has 0 aliphatic rings. The highest BCUT2D eigenvalue weighted by atomic mass is 32.1. The molecule has 0 spiro atoms. The molecule has 2 aromatic carbocycles. The normalized spacial score (nSPS) is 11.0. The van der Waals surface area contributed by atoms with Crippen LogP contribution in [0.2, 0.25) is 0 Å². The van der Waals surface area contributed by atoms with Crippen molar-refractivity contribution in [2.24, 2.45) is 0 Å². The molecule has 32 heavy (non-hydrogen) atoms. The number of benzene rings is 2. The summed E-state index contributed by atoms with van der Waals surface area (Å²) < 4.78 is 0.986. The second kappa shape index (κ2) is 9.67. The largest absolute Gasteiger partial charge is 0.351 e. The number of hydrogen-bond donors (Lipinski definition) is 2. The van der Waals surface area contributed by atoms with Gasteiger partial charge in [0, 0.05) is 36.6 Å². The summed E-state index contributed by atoms with van der Waals surface area (Å²) in [7, 11) is 3.90. The lowest BCUT2D eigenvalue weighted by atomic mass is 10.1. The smallest absolute Gasteiger partial charge is 0.257 e. The average molecular weight is 446 g/mol. The van der Waals surface area contributed by atoms with Crippen LogP contribution in [0.25, 0.3) is 21.3 Å². The number of amides is 2. The van der Waals surface area contributed by atoms with Gasteiger partial charge in [0.1, 0.15) is 0 Å². The van der Waals surface area contributed by atoms with Crippen LogP contribution in [0.3, 0.4) is 0 Å². The quantitative estimate of drug-likeness (QED) is 0.451. The molecule has 8 heteroatoms. The van der Waals surface area contributed by atoms with Crippen molar-refractivity contribution in [3.8, 4) is 11.1 Å². The number of carbonyl (C=O) groups excluding carboxylic acids is 2. The van der Waals surface area contributed by atoms with E-state index in [1.165, 1.54) is 11.3 Å². The van der Waals surface area contributed by atoms with E-state index >= 15 is 0 Å². The van der Waals surface area contributed by atoms with E-state index in [0.29, 0.717) is 22.8 Å². The minimum absolute atomic E-state index is 0.157. The van der Waals surface area contributed by atoms with Gasteiger partial charge in [0.2, 0.25) is 0 Å². The van der Waals surface area contributed by atoms with Crippen LogP contribution >= 0.6 is 11.3 Å². The molecule has 0 aliphatic carbocycles. The van der Waals surface area contributed by atoms with E-state index < -0.39 is 0 Å². The molecule has 0 radical (unpaired) electrons. The first-order chi connectivity index (χ1) is 15.5. The Balaban J connectivity index is 1.42. The van der Waals surface area contributed by atoms with Crippen molar-refractivity contribution in [3.05, 3.63) is 78.1 Å². The molecule has 0 atom stereocenters. The van der Waals surface area contributed by atoms with E-state index in [0.717, 1.165) is 27.9 Å². The average Bonchev–Trinajstić information content (AvgIpc) is 3.21. The summed E-state index contributed by atoms with van der Waals surface area (Å²) in [6.45, 7) is 1.33. The number of rotatable bonds is 7. The van der Waals surface area contributed by atoms with Gasteiger partial charge in [-0.15, -0.1) is 0 Å². The zero-order valence-electron chi connectivity index (χ0n) is 17.8. The third-order valence-corrected chi connectivity index (χ3v) is 5.81. The Morgan fingerprint density at radius 1 is 0.906 bits per heavy atom. The van der Waals surface area contributed by atoms with Crippen LogP contribution in [-0.2, 0) is 0 Å². The molecular weight excluding hydrogens is 422 g/mol. The molecule has 7 nitrogen and oxygen atoms in total. The summed E-state index contributed by atoms with van der Waals surface area (Å²) >= 11 is 1.42. The maximum Gasteiger partial charge on any atom is 0.257 e. The summed E-state index contributed by atoms with van der Waals surface area (Å²) in [5.41, 5.74) is 3.95. The Morgan fingerprint density at radius 3 is 2.28 bits per heavy atom. The van der Waals surface area contributed by atoms with Gasteiger partial charge in [0.25, 0.3) is 11.8 Å². The Kier molecular flexibility index (Phi) is 6.53. The van der Waals surface area contributed by atoms with E-state index in [1.54, 1.807) is 36.7 Å². The minimum Gasteiger partial charge on any atom is -0.351 e. The Labute approximate surface area is 190 Å². The third-order valence-electron chi connectivity index (χ3n) is 4.88. The number of pyridine rings is 1. The van der Waals surface area contributed by atoms with Gasteiger partial charge >= 0.3 is 0 Å². The van der Waals surface area contributed by atoms with Crippen molar-refractivity contribution >= 4 is 38.5 Å². The molecule has 0 bridgehead atoms. The molecule has 2 aromatic heterocycles. The maximum atomic E-state index is 12.7. The highest BCUT2D eigenvalue weighted by molar-refractivity contribution is 7.22. The van der Waals surface area contributed by atoms with Crippen LogP contribution in [-0.4, -0.2) is 53.9 Å². The number of thiazole rings is 1. The number of nitrogens with one attached hydrogen (secondary N) is 2. The molecule has 2 N–H and O–H groups in total. The van der Waals surface area contributed by atoms with Crippen LogP contribution in [0.15, 0.2) is 67.0 Å². The summed E-state index contributed by atoms with van der Waals surface area (Å²) in [6, 6.07) is 16.5. The predicted octanol–water partition coefficient (Wildman–Crippen LogP) is 3.90. The van der Waals surface area contributed by atoms with Gasteiger partial charge in [-0.3, -0.25) is 19.9 Å². The first-order valence-electron chi connectivity index (χ1n) is 10.1. The number of hydrogen-bond acceptors (Lipinski definition) is 6. The van der Waals surface area contributed by atoms with Crippen molar-refractivity contribution in [3.63, 3.8) is 0 Å². The second-order valence-corrected chi connectivity index (χ2v) is 8.56. The first kappa shape index (κ1) is 21.6. The monoisotopic (exact) mass is 445 g/mol. The highest BCUT2D eigenvalue weighted by Crippen LogP contribution is 2.30. The molecule has 0 saturated heterocycles. The van der Waals surface area contributed by atoms with Gasteiger partial charge in [0.05, 0.1) is 10.2 Å². The fourth-order valence-corrected chi connectivity index (χ4v) is 4.04. The number of nitrogens with zero attached hydrogens (tertiary/aromatic N) is 3. The Morgan fingerprint density at radius 2 is 1.59 bits per heavy atom. The van der Waals surface area contributed by atoms with Crippen LogP contribution in [0.4, 0.5) is 5.13 Å². The topological polar surface area (TPSA) is 87.2 Å². The van der Waals surface area contributed by atoms with E-state index in [9.17, 15) is 9.59 Å². The Bertz CT molecular complexity index is 1240. The number of anilines is 1. The van der Waals surface area contributed by atoms with E-state index in [-0.39, 0.29) is 11.8 Å². The van der Waals surface area contributed by atoms with Crippen LogP contribution in [0, 0.1) is 0 Å². The standard InChI is InChI=1S/C24H23N5O2S/c1-29(2)14-13-26-22(30)17-3-5-18(6-4-17)23(31)28-24-27-20-8-7-19(15-21(20)32-24)16-9-11-25-12-10-16/h3-12,15H,13-14H2,1-2H3,(H,26,30)(H,27,28,31). The molecule has 0 aliphatic heterocycles. The summed E-state index contributed by atoms with van der Waals surface area (Å²) in [4.78, 5) is 35.4. The SMILES string of the molecule is CN(C)CCNC(=O)c1ccc(C(=O)Nc2nc3ccc(-c4ccncc4)cc3s2)cc1. The van der Waals surface area contributed by atoms with Gasteiger partial charge in [0.15, 0.2) is 5.13 Å². The predicted molar refractivity (Wildman–Crippen MR) is 128 cm³/mol. The lowest BCUT2D eigenvalue weighted by Gasteiger charge is -2.10. The van der Waals surface area contributed by atoms with Crippen molar-refractivity contribution < 1.29 is 9.59 Å². The van der Waals surface area contributed by atoms with E-state index in [2.05, 4.69) is 26.7 Å². The molecule has 2 amide bonds. The molecule has 0 unspecified atom stereocenters. The number of fused-ring (bicyclic) bond motifs is 1. The van der Waals surface area contributed by atoms with Crippen LogP contribution in [0.5, 0.6) is 0 Å². The van der Waals surface area contributed by atoms with Gasteiger partial charge < -0.3 is 10.2 Å². The summed E-state index contributed by atoms with van der Waals surface area (Å²) in [5, 5.41) is 6.24. The number of aromatic nitrogens is 2. The molecule has 0 fully saturated rings. The van der Waals surface area contributed by atoms with Crippen LogP contribution in [0.1, 0.15) is 20.7 Å². The number of likely N-dealkylation sites (N-methyl/N-ethyl adjacent to an activating group) is 1. The van der Waals surface area contributed by atoms with Crippen LogP contribution < -0.4 is 10.6 Å². The first-order valence-corrected chi connectivity index (χ1v) is 11.0. The molecule has 4 aromatic rings. The van der Waals surface area contributed by atoms with E-state index in [4.69, 9.17) is 0 Å². The third kappa shape index (κ3) is 5.16. The van der Waals surface area contributed by atoms with Gasteiger partial charge in [-0.25, -0.2) is 4.98 Å². The van der Waals surface area contributed by atoms with Crippen molar-refractivity contribution in [2.45, 2.75) is 0 Å². The lowest BCUT2D eigenvalue weighted by molar-refractivity contribution is 0.0949. The zero-order valence-corrected chi connectivity index (χ0v) is 18.6. The molecule has 2 heterocycles. The van der Waals surface area contributed by atoms with E-state index in [1.807, 2.05) is 43.3 Å². The molecule has 162 valence electrons. The summed E-state index contributed by atoms with van der Waals surface area (Å²) in [6.07, 6.45) is 3.52. The molecule has 0 saturated carbocycles. The van der Waals surface area contributed by atoms with Crippen molar-refractivity contribution in [2.75, 3.05) is 32.5 Å². The zero-order chi connectivity index (χ0) is 22.5. The fraction of sp³-hybridized carbons (Fsp3) is 0.167. The van der Waals surface area contributed by atoms with Gasteiger partial charge in [-0.2, -0.15) is 0 Å². The molecule has 4 rings (SSSR count). The van der Waals surface area contributed by atoms with Gasteiger partial charge in [-0.1, -0.05) is 17.4 Å². The highest BCUT2D eigenvalue weighted by Gasteiger charge is 2.12. The Hall–Kier alpha value is -3.62. The minimum atomic E-state index is -0.266. The maximum absolute atomic E-state index is 12.7. The second-order valence-electron chi connectivity index (χ2n) is 7.53.